The minimum absolute atomic E-state index is 0.202. The van der Waals surface area contributed by atoms with Crippen LogP contribution in [0.15, 0.2) is 29.8 Å². The fraction of sp³-hybridized carbons (Fsp3) is 0.357. The van der Waals surface area contributed by atoms with Crippen LogP contribution in [0.25, 0.3) is 6.08 Å². The third kappa shape index (κ3) is 1.34. The van der Waals surface area contributed by atoms with E-state index >= 15 is 0 Å². The smallest absolute Gasteiger partial charge is 0.170 e. The molecule has 1 unspecified atom stereocenters. The van der Waals surface area contributed by atoms with Crippen molar-refractivity contribution in [2.75, 3.05) is 0 Å². The summed E-state index contributed by atoms with van der Waals surface area (Å²) in [5.74, 6) is 0.552. The van der Waals surface area contributed by atoms with Crippen LogP contribution in [0.1, 0.15) is 41.6 Å². The largest absolute Gasteiger partial charge is 0.293 e. The second kappa shape index (κ2) is 3.34. The number of hydrogen-bond donors (Lipinski definition) is 0. The number of benzene rings is 1. The Morgan fingerprint density at radius 2 is 2.00 bits per heavy atom. The lowest BCUT2D eigenvalue weighted by Crippen LogP contribution is -2.24. The molecule has 76 valence electrons. The molecule has 1 fully saturated rings. The Bertz CT molecular complexity index is 442. The van der Waals surface area contributed by atoms with E-state index in [9.17, 15) is 4.79 Å². The summed E-state index contributed by atoms with van der Waals surface area (Å²) in [7, 11) is 0. The minimum Gasteiger partial charge on any atom is -0.293 e. The number of carbonyl (C=O) groups is 1. The number of rotatable bonds is 0. The molecule has 0 spiro atoms. The molecule has 1 aromatic carbocycles. The highest BCUT2D eigenvalue weighted by Gasteiger charge is 2.30. The van der Waals surface area contributed by atoms with Gasteiger partial charge in [0.1, 0.15) is 0 Å². The van der Waals surface area contributed by atoms with Gasteiger partial charge in [0, 0.05) is 11.5 Å². The number of ketones is 1. The molecule has 2 aliphatic rings. The van der Waals surface area contributed by atoms with Gasteiger partial charge in [0.25, 0.3) is 0 Å². The summed E-state index contributed by atoms with van der Waals surface area (Å²) in [6.07, 6.45) is 6.86. The predicted octanol–water partition coefficient (Wildman–Crippen LogP) is 3.46. The van der Waals surface area contributed by atoms with E-state index in [4.69, 9.17) is 0 Å². The SMILES string of the molecule is O=C1c2ccccc2C=C2CCCCC12. The number of hydrogen-bond acceptors (Lipinski definition) is 1. The average molecular weight is 198 g/mol. The highest BCUT2D eigenvalue weighted by atomic mass is 16.1. The Morgan fingerprint density at radius 1 is 1.13 bits per heavy atom. The van der Waals surface area contributed by atoms with Gasteiger partial charge in [-0.25, -0.2) is 0 Å². The summed E-state index contributed by atoms with van der Waals surface area (Å²) in [4.78, 5) is 12.2. The Balaban J connectivity index is 2.13. The van der Waals surface area contributed by atoms with E-state index in [-0.39, 0.29) is 5.92 Å². The number of allylic oxidation sites excluding steroid dienone is 1. The van der Waals surface area contributed by atoms with Gasteiger partial charge in [-0.15, -0.1) is 0 Å². The summed E-state index contributed by atoms with van der Waals surface area (Å²) in [5.41, 5.74) is 3.41. The standard InChI is InChI=1S/C14H14O/c15-14-12-7-3-1-5-10(12)9-11-6-2-4-8-13(11)14/h1,3,5,7,9,13H,2,4,6,8H2. The fourth-order valence-electron chi connectivity index (χ4n) is 2.74. The van der Waals surface area contributed by atoms with Gasteiger partial charge in [-0.05, 0) is 24.8 Å². The van der Waals surface area contributed by atoms with Crippen molar-refractivity contribution in [2.24, 2.45) is 5.92 Å². The zero-order valence-electron chi connectivity index (χ0n) is 8.70. The van der Waals surface area contributed by atoms with E-state index in [2.05, 4.69) is 6.08 Å². The maximum Gasteiger partial charge on any atom is 0.170 e. The van der Waals surface area contributed by atoms with Crippen molar-refractivity contribution in [1.29, 1.82) is 0 Å². The molecule has 0 radical (unpaired) electrons. The number of fused-ring (bicyclic) bond motifs is 2. The summed E-state index contributed by atoms with van der Waals surface area (Å²) < 4.78 is 0. The molecular weight excluding hydrogens is 184 g/mol. The van der Waals surface area contributed by atoms with Crippen LogP contribution in [-0.4, -0.2) is 5.78 Å². The van der Waals surface area contributed by atoms with E-state index in [1.807, 2.05) is 24.3 Å². The normalized spacial score (nSPS) is 24.1. The highest BCUT2D eigenvalue weighted by Crippen LogP contribution is 2.37. The molecule has 0 amide bonds. The topological polar surface area (TPSA) is 17.1 Å². The molecule has 1 heteroatoms. The molecule has 15 heavy (non-hydrogen) atoms. The first kappa shape index (κ1) is 8.90. The Morgan fingerprint density at radius 3 is 2.93 bits per heavy atom. The van der Waals surface area contributed by atoms with Crippen LogP contribution in [0, 0.1) is 5.92 Å². The van der Waals surface area contributed by atoms with Crippen LogP contribution >= 0.6 is 0 Å². The Kier molecular flexibility index (Phi) is 1.98. The van der Waals surface area contributed by atoms with E-state index in [1.165, 1.54) is 18.4 Å². The van der Waals surface area contributed by atoms with Gasteiger partial charge in [-0.3, -0.25) is 4.79 Å². The van der Waals surface area contributed by atoms with Crippen LogP contribution in [-0.2, 0) is 0 Å². The van der Waals surface area contributed by atoms with Gasteiger partial charge >= 0.3 is 0 Å². The van der Waals surface area contributed by atoms with Crippen LogP contribution in [0.5, 0.6) is 0 Å². The molecule has 1 aromatic rings. The molecule has 1 nitrogen and oxygen atoms in total. The summed E-state index contributed by atoms with van der Waals surface area (Å²) >= 11 is 0. The third-order valence-electron chi connectivity index (χ3n) is 3.54. The zero-order valence-corrected chi connectivity index (χ0v) is 8.70. The molecule has 0 heterocycles. The Labute approximate surface area is 89.8 Å². The van der Waals surface area contributed by atoms with Gasteiger partial charge < -0.3 is 0 Å². The second-order valence-electron chi connectivity index (χ2n) is 4.47. The van der Waals surface area contributed by atoms with Crippen molar-refractivity contribution in [3.05, 3.63) is 41.0 Å². The van der Waals surface area contributed by atoms with Crippen molar-refractivity contribution < 1.29 is 4.79 Å². The minimum atomic E-state index is 0.202. The average Bonchev–Trinajstić information content (AvgIpc) is 2.30. The maximum atomic E-state index is 12.2. The van der Waals surface area contributed by atoms with E-state index in [1.54, 1.807) is 0 Å². The molecule has 0 aliphatic heterocycles. The van der Waals surface area contributed by atoms with Crippen LogP contribution in [0.3, 0.4) is 0 Å². The van der Waals surface area contributed by atoms with Gasteiger partial charge in [0.05, 0.1) is 0 Å². The molecule has 1 atom stereocenters. The van der Waals surface area contributed by atoms with Crippen LogP contribution in [0.2, 0.25) is 0 Å². The first-order valence-corrected chi connectivity index (χ1v) is 5.70. The number of Topliss-reactive ketones (excluding diaryl/α,β-unsaturated/α-hetero) is 1. The van der Waals surface area contributed by atoms with Crippen molar-refractivity contribution in [3.8, 4) is 0 Å². The van der Waals surface area contributed by atoms with E-state index in [0.29, 0.717) is 5.78 Å². The van der Waals surface area contributed by atoms with Crippen molar-refractivity contribution in [2.45, 2.75) is 25.7 Å². The lowest BCUT2D eigenvalue weighted by atomic mass is 9.75. The monoisotopic (exact) mass is 198 g/mol. The Hall–Kier alpha value is -1.37. The second-order valence-corrected chi connectivity index (χ2v) is 4.47. The molecule has 0 N–H and O–H groups in total. The lowest BCUT2D eigenvalue weighted by molar-refractivity contribution is 0.0922. The van der Waals surface area contributed by atoms with Crippen LogP contribution < -0.4 is 0 Å². The van der Waals surface area contributed by atoms with Crippen molar-refractivity contribution in [3.63, 3.8) is 0 Å². The molecule has 2 aliphatic carbocycles. The molecule has 3 rings (SSSR count). The van der Waals surface area contributed by atoms with E-state index in [0.717, 1.165) is 24.0 Å². The fourth-order valence-corrected chi connectivity index (χ4v) is 2.74. The quantitative estimate of drug-likeness (QED) is 0.624. The molecular formula is C14H14O. The van der Waals surface area contributed by atoms with Gasteiger partial charge in [-0.1, -0.05) is 42.3 Å². The summed E-state index contributed by atoms with van der Waals surface area (Å²) in [6.45, 7) is 0. The summed E-state index contributed by atoms with van der Waals surface area (Å²) in [5, 5.41) is 0. The highest BCUT2D eigenvalue weighted by molar-refractivity contribution is 6.05. The first-order chi connectivity index (χ1) is 7.36. The van der Waals surface area contributed by atoms with Crippen molar-refractivity contribution >= 4 is 11.9 Å². The molecule has 1 saturated carbocycles. The predicted molar refractivity (Wildman–Crippen MR) is 60.7 cm³/mol. The lowest BCUT2D eigenvalue weighted by Gasteiger charge is -2.28. The van der Waals surface area contributed by atoms with Gasteiger partial charge in [-0.2, -0.15) is 0 Å². The van der Waals surface area contributed by atoms with E-state index < -0.39 is 0 Å². The maximum absolute atomic E-state index is 12.2. The zero-order chi connectivity index (χ0) is 10.3. The molecule has 0 bridgehead atoms. The van der Waals surface area contributed by atoms with Gasteiger partial charge in [0.2, 0.25) is 0 Å². The van der Waals surface area contributed by atoms with Crippen molar-refractivity contribution in [1.82, 2.24) is 0 Å². The van der Waals surface area contributed by atoms with Crippen LogP contribution in [0.4, 0.5) is 0 Å². The summed E-state index contributed by atoms with van der Waals surface area (Å²) in [6, 6.07) is 7.97. The first-order valence-electron chi connectivity index (χ1n) is 5.70. The molecule has 0 aromatic heterocycles. The third-order valence-corrected chi connectivity index (χ3v) is 3.54. The van der Waals surface area contributed by atoms with Gasteiger partial charge in [0.15, 0.2) is 5.78 Å². The number of carbonyl (C=O) groups excluding carboxylic acids is 1. The molecule has 0 saturated heterocycles.